The van der Waals surface area contributed by atoms with Crippen molar-refractivity contribution < 1.29 is 27.4 Å². The van der Waals surface area contributed by atoms with Gasteiger partial charge in [0.2, 0.25) is 8.32 Å². The van der Waals surface area contributed by atoms with Crippen LogP contribution in [0.4, 0.5) is 0 Å². The summed E-state index contributed by atoms with van der Waals surface area (Å²) < 4.78 is 35.9. The minimum absolute atomic E-state index is 0.0123. The lowest BCUT2D eigenvalue weighted by atomic mass is 10.00. The molecule has 0 saturated heterocycles. The SMILES string of the molecule is CCOP(=O)(OCC)OC(C(=O)c1ccccc1)c1cccc(O[Si](C)(C)C(C)(C)C)c1. The molecule has 0 heterocycles. The predicted octanol–water partition coefficient (Wildman–Crippen LogP) is 7.19. The number of hydrogen-bond donors (Lipinski definition) is 0. The molecule has 176 valence electrons. The first-order chi connectivity index (χ1) is 14.9. The van der Waals surface area contributed by atoms with Crippen LogP contribution in [0.15, 0.2) is 54.6 Å². The summed E-state index contributed by atoms with van der Waals surface area (Å²) in [5, 5.41) is 0.0123. The van der Waals surface area contributed by atoms with Gasteiger partial charge < -0.3 is 4.43 Å². The molecule has 6 nitrogen and oxygen atoms in total. The Morgan fingerprint density at radius 3 is 2.09 bits per heavy atom. The standard InChI is InChI=1S/C24H35O6PSi/c1-8-27-31(26,28-9-2)29-23(22(25)19-14-11-10-12-15-19)20-16-13-17-21(18-20)30-32(6,7)24(3,4)5/h10-18,23H,8-9H2,1-7H3. The van der Waals surface area contributed by atoms with Gasteiger partial charge in [0.1, 0.15) is 5.75 Å². The summed E-state index contributed by atoms with van der Waals surface area (Å²) in [7, 11) is -6.05. The fourth-order valence-electron chi connectivity index (χ4n) is 2.75. The number of Topliss-reactive ketones (excluding diaryl/α,β-unsaturated/α-hetero) is 1. The molecule has 1 unspecified atom stereocenters. The normalized spacial score (nSPS) is 13.6. The van der Waals surface area contributed by atoms with Gasteiger partial charge in [-0.05, 0) is 49.7 Å². The number of rotatable bonds is 11. The van der Waals surface area contributed by atoms with E-state index in [1.807, 2.05) is 12.1 Å². The molecular formula is C24H35O6PSi. The maximum atomic E-state index is 13.4. The van der Waals surface area contributed by atoms with Gasteiger partial charge in [0, 0.05) is 5.56 Å². The number of ketones is 1. The molecule has 0 aliphatic heterocycles. The monoisotopic (exact) mass is 478 g/mol. The van der Waals surface area contributed by atoms with Gasteiger partial charge in [-0.3, -0.25) is 18.4 Å². The second-order valence-electron chi connectivity index (χ2n) is 8.93. The largest absolute Gasteiger partial charge is 0.543 e. The lowest BCUT2D eigenvalue weighted by Crippen LogP contribution is -2.43. The first-order valence-electron chi connectivity index (χ1n) is 10.9. The Hall–Kier alpha value is -1.76. The van der Waals surface area contributed by atoms with Crippen LogP contribution in [0.1, 0.15) is 56.6 Å². The maximum absolute atomic E-state index is 13.4. The molecule has 8 heteroatoms. The molecule has 0 aliphatic carbocycles. The molecule has 0 aliphatic rings. The topological polar surface area (TPSA) is 71.1 Å². The predicted molar refractivity (Wildman–Crippen MR) is 130 cm³/mol. The second-order valence-corrected chi connectivity index (χ2v) is 15.3. The average molecular weight is 479 g/mol. The van der Waals surface area contributed by atoms with Crippen LogP contribution in [0.25, 0.3) is 0 Å². The van der Waals surface area contributed by atoms with Gasteiger partial charge in [0.05, 0.1) is 13.2 Å². The number of carbonyl (C=O) groups excluding carboxylic acids is 1. The summed E-state index contributed by atoms with van der Waals surface area (Å²) in [6, 6.07) is 15.9. The third-order valence-corrected chi connectivity index (χ3v) is 11.4. The van der Waals surface area contributed by atoms with Gasteiger partial charge in [-0.25, -0.2) is 4.57 Å². The van der Waals surface area contributed by atoms with Gasteiger partial charge in [-0.2, -0.15) is 0 Å². The molecule has 2 aromatic rings. The van der Waals surface area contributed by atoms with Crippen molar-refractivity contribution >= 4 is 21.9 Å². The molecule has 0 radical (unpaired) electrons. The Bertz CT molecular complexity index is 929. The third kappa shape index (κ3) is 6.87. The highest BCUT2D eigenvalue weighted by molar-refractivity contribution is 7.48. The van der Waals surface area contributed by atoms with Crippen LogP contribution in [0.2, 0.25) is 18.1 Å². The minimum Gasteiger partial charge on any atom is -0.543 e. The quantitative estimate of drug-likeness (QED) is 0.193. The zero-order valence-corrected chi connectivity index (χ0v) is 22.0. The van der Waals surface area contributed by atoms with E-state index in [0.29, 0.717) is 16.9 Å². The number of phosphoric ester groups is 1. The Labute approximate surface area is 193 Å². The van der Waals surface area contributed by atoms with Gasteiger partial charge >= 0.3 is 7.82 Å². The first kappa shape index (κ1) is 26.5. The van der Waals surface area contributed by atoms with Crippen LogP contribution >= 0.6 is 7.82 Å². The lowest BCUT2D eigenvalue weighted by molar-refractivity contribution is 0.0593. The Balaban J connectivity index is 2.48. The Morgan fingerprint density at radius 2 is 1.56 bits per heavy atom. The highest BCUT2D eigenvalue weighted by atomic mass is 31.2. The van der Waals surface area contributed by atoms with Crippen LogP contribution in [0.5, 0.6) is 5.75 Å². The molecule has 0 fully saturated rings. The zero-order chi connectivity index (χ0) is 24.0. The summed E-state index contributed by atoms with van der Waals surface area (Å²) in [6.07, 6.45) is -1.18. The van der Waals surface area contributed by atoms with Crippen molar-refractivity contribution in [3.8, 4) is 5.75 Å². The molecule has 2 rings (SSSR count). The van der Waals surface area contributed by atoms with E-state index in [2.05, 4.69) is 33.9 Å². The van der Waals surface area contributed by atoms with E-state index in [1.165, 1.54) is 0 Å². The summed E-state index contributed by atoms with van der Waals surface area (Å²) in [5.74, 6) is 0.306. The van der Waals surface area contributed by atoms with Crippen molar-refractivity contribution in [3.63, 3.8) is 0 Å². The Kier molecular flexibility index (Phi) is 9.03. The lowest BCUT2D eigenvalue weighted by Gasteiger charge is -2.36. The molecule has 2 aromatic carbocycles. The molecule has 32 heavy (non-hydrogen) atoms. The van der Waals surface area contributed by atoms with Crippen molar-refractivity contribution in [1.82, 2.24) is 0 Å². The third-order valence-electron chi connectivity index (χ3n) is 5.45. The van der Waals surface area contributed by atoms with Crippen molar-refractivity contribution in [3.05, 3.63) is 65.7 Å². The van der Waals surface area contributed by atoms with Gasteiger partial charge in [0.15, 0.2) is 11.9 Å². The summed E-state index contributed by atoms with van der Waals surface area (Å²) in [6.45, 7) is 14.4. The number of carbonyl (C=O) groups is 1. The molecule has 0 N–H and O–H groups in total. The Morgan fingerprint density at radius 1 is 0.969 bits per heavy atom. The van der Waals surface area contributed by atoms with E-state index in [4.69, 9.17) is 18.0 Å². The highest BCUT2D eigenvalue weighted by Gasteiger charge is 2.39. The fourth-order valence-corrected chi connectivity index (χ4v) is 5.07. The number of phosphoric acid groups is 1. The van der Waals surface area contributed by atoms with Crippen molar-refractivity contribution in [2.75, 3.05) is 13.2 Å². The summed E-state index contributed by atoms with van der Waals surface area (Å²) in [4.78, 5) is 13.4. The number of benzene rings is 2. The maximum Gasteiger partial charge on any atom is 0.475 e. The van der Waals surface area contributed by atoms with Crippen molar-refractivity contribution in [1.29, 1.82) is 0 Å². The fraction of sp³-hybridized carbons (Fsp3) is 0.458. The van der Waals surface area contributed by atoms with Crippen molar-refractivity contribution in [2.45, 2.75) is 58.9 Å². The molecule has 1 atom stereocenters. The molecule has 0 spiro atoms. The van der Waals surface area contributed by atoms with Crippen LogP contribution < -0.4 is 4.43 Å². The van der Waals surface area contributed by atoms with Crippen LogP contribution in [-0.2, 0) is 18.1 Å². The zero-order valence-electron chi connectivity index (χ0n) is 20.1. The summed E-state index contributed by atoms with van der Waals surface area (Å²) in [5.41, 5.74) is 0.961. The van der Waals surface area contributed by atoms with Crippen LogP contribution in [0.3, 0.4) is 0 Å². The van der Waals surface area contributed by atoms with E-state index in [-0.39, 0.29) is 24.0 Å². The molecule has 0 amide bonds. The summed E-state index contributed by atoms with van der Waals surface area (Å²) >= 11 is 0. The molecule has 0 saturated carbocycles. The molecule has 0 aromatic heterocycles. The van der Waals surface area contributed by atoms with E-state index in [0.717, 1.165) is 0 Å². The highest BCUT2D eigenvalue weighted by Crippen LogP contribution is 2.53. The molecular weight excluding hydrogens is 443 g/mol. The minimum atomic E-state index is -3.95. The number of hydrogen-bond acceptors (Lipinski definition) is 6. The average Bonchev–Trinajstić information content (AvgIpc) is 2.72. The van der Waals surface area contributed by atoms with Crippen molar-refractivity contribution in [2.24, 2.45) is 0 Å². The molecule has 0 bridgehead atoms. The van der Waals surface area contributed by atoms with E-state index in [9.17, 15) is 9.36 Å². The smallest absolute Gasteiger partial charge is 0.475 e. The van der Waals surface area contributed by atoms with Gasteiger partial charge in [-0.15, -0.1) is 0 Å². The van der Waals surface area contributed by atoms with Crippen LogP contribution in [-0.4, -0.2) is 27.3 Å². The van der Waals surface area contributed by atoms with Gasteiger partial charge in [0.25, 0.3) is 0 Å². The van der Waals surface area contributed by atoms with E-state index >= 15 is 0 Å². The van der Waals surface area contributed by atoms with Crippen LogP contribution in [0, 0.1) is 0 Å². The van der Waals surface area contributed by atoms with E-state index < -0.39 is 22.2 Å². The van der Waals surface area contributed by atoms with Gasteiger partial charge in [-0.1, -0.05) is 63.2 Å². The van der Waals surface area contributed by atoms with E-state index in [1.54, 1.807) is 56.3 Å². The second kappa shape index (κ2) is 10.9. The first-order valence-corrected chi connectivity index (χ1v) is 15.2.